The first-order valence-electron chi connectivity index (χ1n) is 6.41. The van der Waals surface area contributed by atoms with E-state index < -0.39 is 0 Å². The molecule has 0 rings (SSSR count). The van der Waals surface area contributed by atoms with Crippen molar-refractivity contribution in [1.82, 2.24) is 5.32 Å². The second kappa shape index (κ2) is 9.32. The first kappa shape index (κ1) is 16.3. The van der Waals surface area contributed by atoms with Gasteiger partial charge in [-0.2, -0.15) is 11.8 Å². The van der Waals surface area contributed by atoms with Crippen molar-refractivity contribution in [2.75, 3.05) is 18.1 Å². The van der Waals surface area contributed by atoms with Crippen molar-refractivity contribution in [3.63, 3.8) is 0 Å². The third-order valence-corrected chi connectivity index (χ3v) is 3.90. The van der Waals surface area contributed by atoms with Crippen LogP contribution in [0, 0.1) is 11.8 Å². The van der Waals surface area contributed by atoms with Crippen LogP contribution in [0.3, 0.4) is 0 Å². The van der Waals surface area contributed by atoms with Gasteiger partial charge in [0.15, 0.2) is 0 Å². The highest BCUT2D eigenvalue weighted by atomic mass is 32.2. The number of nitrogens with one attached hydrogen (secondary N) is 1. The molecule has 16 heavy (non-hydrogen) atoms. The molecule has 0 aromatic carbocycles. The molecule has 98 valence electrons. The summed E-state index contributed by atoms with van der Waals surface area (Å²) in [6.45, 7) is 11.7. The number of thioether (sulfide) groups is 1. The van der Waals surface area contributed by atoms with Gasteiger partial charge in [-0.05, 0) is 30.9 Å². The fourth-order valence-electron chi connectivity index (χ4n) is 1.50. The molecule has 0 saturated heterocycles. The lowest BCUT2D eigenvalue weighted by Crippen LogP contribution is -2.35. The van der Waals surface area contributed by atoms with Crippen molar-refractivity contribution in [3.05, 3.63) is 0 Å². The second-order valence-corrected chi connectivity index (χ2v) is 6.60. The molecule has 2 nitrogen and oxygen atoms in total. The molecule has 0 aliphatic rings. The van der Waals surface area contributed by atoms with Gasteiger partial charge in [0.1, 0.15) is 0 Å². The number of aliphatic hydroxyl groups excluding tert-OH is 1. The Morgan fingerprint density at radius 3 is 2.12 bits per heavy atom. The van der Waals surface area contributed by atoms with Crippen molar-refractivity contribution in [1.29, 1.82) is 0 Å². The minimum atomic E-state index is -0.197. The van der Waals surface area contributed by atoms with E-state index in [0.29, 0.717) is 12.0 Å². The van der Waals surface area contributed by atoms with Crippen LogP contribution < -0.4 is 5.32 Å². The molecule has 0 aliphatic heterocycles. The molecule has 0 amide bonds. The molecule has 0 bridgehead atoms. The maximum Gasteiger partial charge on any atom is 0.0667 e. The molecule has 2 N–H and O–H groups in total. The van der Waals surface area contributed by atoms with Crippen molar-refractivity contribution in [2.45, 2.75) is 53.2 Å². The lowest BCUT2D eigenvalue weighted by molar-refractivity contribution is 0.144. The Morgan fingerprint density at radius 2 is 1.62 bits per heavy atom. The van der Waals surface area contributed by atoms with Crippen LogP contribution in [0.15, 0.2) is 0 Å². The van der Waals surface area contributed by atoms with Crippen molar-refractivity contribution in [3.8, 4) is 0 Å². The van der Waals surface area contributed by atoms with E-state index in [0.717, 1.165) is 24.6 Å². The lowest BCUT2D eigenvalue weighted by Gasteiger charge is -2.18. The van der Waals surface area contributed by atoms with Crippen LogP contribution in [0.5, 0.6) is 0 Å². The van der Waals surface area contributed by atoms with Crippen LogP contribution in [-0.2, 0) is 0 Å². The van der Waals surface area contributed by atoms with E-state index in [-0.39, 0.29) is 6.10 Å². The maximum absolute atomic E-state index is 9.71. The van der Waals surface area contributed by atoms with Gasteiger partial charge in [-0.1, -0.05) is 27.7 Å². The third-order valence-electron chi connectivity index (χ3n) is 2.26. The van der Waals surface area contributed by atoms with E-state index >= 15 is 0 Å². The van der Waals surface area contributed by atoms with E-state index in [1.165, 1.54) is 5.75 Å². The minimum Gasteiger partial charge on any atom is -0.392 e. The number of hydrogen-bond acceptors (Lipinski definition) is 3. The quantitative estimate of drug-likeness (QED) is 0.657. The first-order valence-corrected chi connectivity index (χ1v) is 7.56. The van der Waals surface area contributed by atoms with Crippen LogP contribution in [0.25, 0.3) is 0 Å². The summed E-state index contributed by atoms with van der Waals surface area (Å²) in [6.07, 6.45) is 0.691. The van der Waals surface area contributed by atoms with Crippen LogP contribution >= 0.6 is 11.8 Å². The summed E-state index contributed by atoms with van der Waals surface area (Å²) in [5.41, 5.74) is 0. The average molecular weight is 247 g/mol. The largest absolute Gasteiger partial charge is 0.392 e. The molecule has 2 atom stereocenters. The summed E-state index contributed by atoms with van der Waals surface area (Å²) >= 11 is 1.99. The van der Waals surface area contributed by atoms with Crippen LogP contribution in [-0.4, -0.2) is 35.3 Å². The van der Waals surface area contributed by atoms with Gasteiger partial charge in [0.25, 0.3) is 0 Å². The van der Waals surface area contributed by atoms with E-state index in [1.807, 2.05) is 11.8 Å². The summed E-state index contributed by atoms with van der Waals surface area (Å²) in [5.74, 6) is 3.69. The SMILES string of the molecule is CC(C)CSCC(C)NCC(O)CC(C)C. The van der Waals surface area contributed by atoms with E-state index in [1.54, 1.807) is 0 Å². The normalized spacial score (nSPS) is 15.8. The molecule has 3 heteroatoms. The molecule has 2 unspecified atom stereocenters. The summed E-state index contributed by atoms with van der Waals surface area (Å²) < 4.78 is 0. The Labute approximate surface area is 106 Å². The molecule has 0 spiro atoms. The number of hydrogen-bond donors (Lipinski definition) is 2. The van der Waals surface area contributed by atoms with Gasteiger partial charge in [-0.3, -0.25) is 0 Å². The van der Waals surface area contributed by atoms with Crippen molar-refractivity contribution in [2.24, 2.45) is 11.8 Å². The molecule has 0 heterocycles. The summed E-state index contributed by atoms with van der Waals surface area (Å²) in [5, 5.41) is 13.1. The van der Waals surface area contributed by atoms with Gasteiger partial charge in [0, 0.05) is 18.3 Å². The number of aliphatic hydroxyl groups is 1. The van der Waals surface area contributed by atoms with Gasteiger partial charge in [0.05, 0.1) is 6.10 Å². The minimum absolute atomic E-state index is 0.197. The average Bonchev–Trinajstić information content (AvgIpc) is 2.13. The zero-order valence-corrected chi connectivity index (χ0v) is 12.3. The zero-order chi connectivity index (χ0) is 12.6. The monoisotopic (exact) mass is 247 g/mol. The topological polar surface area (TPSA) is 32.3 Å². The van der Waals surface area contributed by atoms with Crippen molar-refractivity contribution >= 4 is 11.8 Å². The van der Waals surface area contributed by atoms with E-state index in [2.05, 4.69) is 39.9 Å². The fraction of sp³-hybridized carbons (Fsp3) is 1.00. The van der Waals surface area contributed by atoms with Crippen LogP contribution in [0.4, 0.5) is 0 Å². The Balaban J connectivity index is 3.45. The molecule has 0 aromatic heterocycles. The van der Waals surface area contributed by atoms with Crippen LogP contribution in [0.1, 0.15) is 41.0 Å². The second-order valence-electron chi connectivity index (χ2n) is 5.52. The predicted octanol–water partition coefficient (Wildman–Crippen LogP) is 2.76. The maximum atomic E-state index is 9.71. The Morgan fingerprint density at radius 1 is 1.00 bits per heavy atom. The standard InChI is InChI=1S/C13H29NOS/c1-10(2)6-13(15)7-14-12(5)9-16-8-11(3)4/h10-15H,6-9H2,1-5H3. The highest BCUT2D eigenvalue weighted by molar-refractivity contribution is 7.99. The Hall–Kier alpha value is 0.270. The van der Waals surface area contributed by atoms with Gasteiger partial charge in [-0.15, -0.1) is 0 Å². The molecular weight excluding hydrogens is 218 g/mol. The summed E-state index contributed by atoms with van der Waals surface area (Å²) in [7, 11) is 0. The van der Waals surface area contributed by atoms with Crippen LogP contribution in [0.2, 0.25) is 0 Å². The van der Waals surface area contributed by atoms with Gasteiger partial charge < -0.3 is 10.4 Å². The lowest BCUT2D eigenvalue weighted by atomic mass is 10.1. The summed E-state index contributed by atoms with van der Waals surface area (Å²) in [6, 6.07) is 0.491. The van der Waals surface area contributed by atoms with Gasteiger partial charge >= 0.3 is 0 Å². The molecule has 0 saturated carbocycles. The Kier molecular flexibility index (Phi) is 9.47. The van der Waals surface area contributed by atoms with Crippen molar-refractivity contribution < 1.29 is 5.11 Å². The van der Waals surface area contributed by atoms with E-state index in [9.17, 15) is 5.11 Å². The molecular formula is C13H29NOS. The number of rotatable bonds is 9. The van der Waals surface area contributed by atoms with Gasteiger partial charge in [-0.25, -0.2) is 0 Å². The first-order chi connectivity index (χ1) is 7.41. The smallest absolute Gasteiger partial charge is 0.0667 e. The molecule has 0 aromatic rings. The highest BCUT2D eigenvalue weighted by Crippen LogP contribution is 2.09. The molecule has 0 radical (unpaired) electrons. The third kappa shape index (κ3) is 10.8. The highest BCUT2D eigenvalue weighted by Gasteiger charge is 2.09. The van der Waals surface area contributed by atoms with E-state index in [4.69, 9.17) is 0 Å². The summed E-state index contributed by atoms with van der Waals surface area (Å²) in [4.78, 5) is 0. The molecule has 0 aliphatic carbocycles. The Bertz CT molecular complexity index is 162. The molecule has 0 fully saturated rings. The van der Waals surface area contributed by atoms with Gasteiger partial charge in [0.2, 0.25) is 0 Å². The zero-order valence-electron chi connectivity index (χ0n) is 11.5. The predicted molar refractivity (Wildman–Crippen MR) is 75.1 cm³/mol. The fourth-order valence-corrected chi connectivity index (χ4v) is 2.58.